The highest BCUT2D eigenvalue weighted by Crippen LogP contribution is 2.41. The second-order valence-electron chi connectivity index (χ2n) is 6.64. The Hall–Kier alpha value is -1.10. The summed E-state index contributed by atoms with van der Waals surface area (Å²) in [5.74, 6) is 0.777. The quantitative estimate of drug-likeness (QED) is 0.918. The molecular formula is C18H25ClN2O2. The second-order valence-corrected chi connectivity index (χ2v) is 7.05. The Labute approximate surface area is 143 Å². The van der Waals surface area contributed by atoms with Gasteiger partial charge in [0.1, 0.15) is 0 Å². The van der Waals surface area contributed by atoms with Gasteiger partial charge in [0.25, 0.3) is 0 Å². The number of nitrogens with one attached hydrogen (secondary N) is 1. The number of hydrogen-bond donors (Lipinski definition) is 1. The van der Waals surface area contributed by atoms with Gasteiger partial charge < -0.3 is 15.0 Å². The Morgan fingerprint density at radius 2 is 2.13 bits per heavy atom. The van der Waals surface area contributed by atoms with Crippen molar-refractivity contribution in [3.05, 3.63) is 34.9 Å². The summed E-state index contributed by atoms with van der Waals surface area (Å²) in [7, 11) is 1.97. The normalized spacial score (nSPS) is 23.9. The number of likely N-dealkylation sites (tertiary alicyclic amines) is 1. The van der Waals surface area contributed by atoms with E-state index in [0.29, 0.717) is 37.0 Å². The topological polar surface area (TPSA) is 41.6 Å². The number of amides is 1. The van der Waals surface area contributed by atoms with Crippen LogP contribution in [0.5, 0.6) is 0 Å². The van der Waals surface area contributed by atoms with Crippen LogP contribution in [0.15, 0.2) is 24.3 Å². The standard InChI is InChI=1S/C18H25ClN2O2/c1-20-12-14-6-9-21(13-14)17(22)18(7-10-23-11-8-18)15-4-2-3-5-16(15)19/h2-5,14,20H,6-13H2,1H3/t14-/m0/s1. The largest absolute Gasteiger partial charge is 0.381 e. The summed E-state index contributed by atoms with van der Waals surface area (Å²) in [5, 5.41) is 3.91. The maximum Gasteiger partial charge on any atom is 0.233 e. The molecule has 2 saturated heterocycles. The van der Waals surface area contributed by atoms with Gasteiger partial charge in [0.2, 0.25) is 5.91 Å². The van der Waals surface area contributed by atoms with Crippen LogP contribution in [0.4, 0.5) is 0 Å². The third kappa shape index (κ3) is 3.25. The lowest BCUT2D eigenvalue weighted by Gasteiger charge is -2.39. The van der Waals surface area contributed by atoms with Crippen LogP contribution in [0.2, 0.25) is 5.02 Å². The number of carbonyl (C=O) groups is 1. The third-order valence-electron chi connectivity index (χ3n) is 5.21. The van der Waals surface area contributed by atoms with Crippen LogP contribution < -0.4 is 5.32 Å². The molecule has 1 N–H and O–H groups in total. The average Bonchev–Trinajstić information content (AvgIpc) is 3.04. The van der Waals surface area contributed by atoms with E-state index in [0.717, 1.165) is 31.6 Å². The Morgan fingerprint density at radius 3 is 2.83 bits per heavy atom. The van der Waals surface area contributed by atoms with E-state index in [1.807, 2.05) is 36.2 Å². The smallest absolute Gasteiger partial charge is 0.233 e. The molecule has 2 heterocycles. The third-order valence-corrected chi connectivity index (χ3v) is 5.54. The predicted octanol–water partition coefficient (Wildman–Crippen LogP) is 2.46. The summed E-state index contributed by atoms with van der Waals surface area (Å²) < 4.78 is 5.53. The summed E-state index contributed by atoms with van der Waals surface area (Å²) in [5.41, 5.74) is 0.442. The SMILES string of the molecule is CNC[C@@H]1CCN(C(=O)C2(c3ccccc3Cl)CCOCC2)C1. The van der Waals surface area contributed by atoms with E-state index in [1.54, 1.807) is 0 Å². The van der Waals surface area contributed by atoms with Crippen LogP contribution in [-0.4, -0.2) is 50.7 Å². The highest BCUT2D eigenvalue weighted by atomic mass is 35.5. The van der Waals surface area contributed by atoms with E-state index >= 15 is 0 Å². The molecule has 0 spiro atoms. The summed E-state index contributed by atoms with van der Waals surface area (Å²) in [6.45, 7) is 3.88. The van der Waals surface area contributed by atoms with Gasteiger partial charge in [-0.05, 0) is 50.4 Å². The van der Waals surface area contributed by atoms with Crippen LogP contribution in [0, 0.1) is 5.92 Å². The second kappa shape index (κ2) is 7.20. The molecule has 126 valence electrons. The highest BCUT2D eigenvalue weighted by Gasteiger charge is 2.46. The number of nitrogens with zero attached hydrogens (tertiary/aromatic N) is 1. The first-order valence-electron chi connectivity index (χ1n) is 8.44. The van der Waals surface area contributed by atoms with E-state index in [-0.39, 0.29) is 5.91 Å². The molecule has 23 heavy (non-hydrogen) atoms. The molecule has 0 bridgehead atoms. The molecule has 5 heteroatoms. The average molecular weight is 337 g/mol. The molecule has 1 amide bonds. The Kier molecular flexibility index (Phi) is 5.24. The van der Waals surface area contributed by atoms with Crippen molar-refractivity contribution in [2.24, 2.45) is 5.92 Å². The summed E-state index contributed by atoms with van der Waals surface area (Å²) in [4.78, 5) is 15.5. The Balaban J connectivity index is 1.88. The first-order valence-corrected chi connectivity index (χ1v) is 8.82. The van der Waals surface area contributed by atoms with Crippen LogP contribution in [-0.2, 0) is 14.9 Å². The summed E-state index contributed by atoms with van der Waals surface area (Å²) in [6.07, 6.45) is 2.49. The zero-order chi connectivity index (χ0) is 16.3. The molecular weight excluding hydrogens is 312 g/mol. The van der Waals surface area contributed by atoms with Crippen LogP contribution in [0.1, 0.15) is 24.8 Å². The maximum atomic E-state index is 13.4. The van der Waals surface area contributed by atoms with Gasteiger partial charge in [-0.3, -0.25) is 4.79 Å². The van der Waals surface area contributed by atoms with E-state index in [2.05, 4.69) is 5.32 Å². The fourth-order valence-corrected chi connectivity index (χ4v) is 4.26. The van der Waals surface area contributed by atoms with Crippen molar-refractivity contribution in [2.75, 3.05) is 39.9 Å². The number of rotatable bonds is 4. The van der Waals surface area contributed by atoms with E-state index in [4.69, 9.17) is 16.3 Å². The number of ether oxygens (including phenoxy) is 1. The Bertz CT molecular complexity index is 558. The lowest BCUT2D eigenvalue weighted by Crippen LogP contribution is -2.49. The Morgan fingerprint density at radius 1 is 1.39 bits per heavy atom. The molecule has 2 aliphatic rings. The molecule has 0 aromatic heterocycles. The first-order chi connectivity index (χ1) is 11.2. The molecule has 1 atom stereocenters. The van der Waals surface area contributed by atoms with E-state index in [1.165, 1.54) is 0 Å². The lowest BCUT2D eigenvalue weighted by atomic mass is 9.73. The monoisotopic (exact) mass is 336 g/mol. The maximum absolute atomic E-state index is 13.4. The van der Waals surface area contributed by atoms with Gasteiger partial charge in [0.15, 0.2) is 0 Å². The van der Waals surface area contributed by atoms with Gasteiger partial charge in [-0.25, -0.2) is 0 Å². The van der Waals surface area contributed by atoms with Crippen molar-refractivity contribution in [3.8, 4) is 0 Å². The fourth-order valence-electron chi connectivity index (χ4n) is 3.94. The van der Waals surface area contributed by atoms with Gasteiger partial charge in [-0.1, -0.05) is 29.8 Å². The van der Waals surface area contributed by atoms with Gasteiger partial charge in [0, 0.05) is 31.3 Å². The molecule has 2 aliphatic heterocycles. The van der Waals surface area contributed by atoms with Gasteiger partial charge in [-0.2, -0.15) is 0 Å². The molecule has 1 aromatic rings. The van der Waals surface area contributed by atoms with Gasteiger partial charge in [0.05, 0.1) is 5.41 Å². The van der Waals surface area contributed by atoms with Crippen molar-refractivity contribution in [1.82, 2.24) is 10.2 Å². The molecule has 0 radical (unpaired) electrons. The predicted molar refractivity (Wildman–Crippen MR) is 91.8 cm³/mol. The molecule has 4 nitrogen and oxygen atoms in total. The van der Waals surface area contributed by atoms with Gasteiger partial charge >= 0.3 is 0 Å². The molecule has 3 rings (SSSR count). The molecule has 0 aliphatic carbocycles. The van der Waals surface area contributed by atoms with E-state index in [9.17, 15) is 4.79 Å². The fraction of sp³-hybridized carbons (Fsp3) is 0.611. The van der Waals surface area contributed by atoms with Crippen molar-refractivity contribution < 1.29 is 9.53 Å². The highest BCUT2D eigenvalue weighted by molar-refractivity contribution is 6.31. The van der Waals surface area contributed by atoms with Gasteiger partial charge in [-0.15, -0.1) is 0 Å². The van der Waals surface area contributed by atoms with E-state index < -0.39 is 5.41 Å². The zero-order valence-electron chi connectivity index (χ0n) is 13.7. The molecule has 1 aromatic carbocycles. The molecule has 2 fully saturated rings. The number of hydrogen-bond acceptors (Lipinski definition) is 3. The molecule has 0 saturated carbocycles. The number of halogens is 1. The minimum Gasteiger partial charge on any atom is -0.381 e. The summed E-state index contributed by atoms with van der Waals surface area (Å²) >= 11 is 6.45. The minimum atomic E-state index is -0.523. The minimum absolute atomic E-state index is 0.229. The first kappa shape index (κ1) is 16.7. The van der Waals surface area contributed by atoms with Crippen LogP contribution in [0.25, 0.3) is 0 Å². The van der Waals surface area contributed by atoms with Crippen molar-refractivity contribution in [3.63, 3.8) is 0 Å². The summed E-state index contributed by atoms with van der Waals surface area (Å²) in [6, 6.07) is 7.78. The number of benzene rings is 1. The van der Waals surface area contributed by atoms with Crippen molar-refractivity contribution in [1.29, 1.82) is 0 Å². The zero-order valence-corrected chi connectivity index (χ0v) is 14.4. The van der Waals surface area contributed by atoms with Crippen molar-refractivity contribution >= 4 is 17.5 Å². The molecule has 0 unspecified atom stereocenters. The number of carbonyl (C=O) groups excluding carboxylic acids is 1. The lowest BCUT2D eigenvalue weighted by molar-refractivity contribution is -0.140. The van der Waals surface area contributed by atoms with Crippen LogP contribution >= 0.6 is 11.6 Å². The van der Waals surface area contributed by atoms with Crippen molar-refractivity contribution in [2.45, 2.75) is 24.7 Å². The van der Waals surface area contributed by atoms with Crippen LogP contribution in [0.3, 0.4) is 0 Å².